The van der Waals surface area contributed by atoms with Gasteiger partial charge in [-0.2, -0.15) is 0 Å². The number of rotatable bonds is 0. The minimum atomic E-state index is -1.16. The summed E-state index contributed by atoms with van der Waals surface area (Å²) in [5.74, 6) is -1.03. The normalized spacial score (nSPS) is 27.8. The molecule has 4 nitrogen and oxygen atoms in total. The van der Waals surface area contributed by atoms with Crippen molar-refractivity contribution in [1.82, 2.24) is 4.90 Å². The second kappa shape index (κ2) is 1.80. The maximum atomic E-state index is 10.5. The standard InChI is InChI=1S/C5H6NO3/c1-6-4(8)2-3(7)5(6)9/h3,7H,1-2H2. The van der Waals surface area contributed by atoms with E-state index >= 15 is 0 Å². The third-order valence-corrected chi connectivity index (χ3v) is 1.22. The summed E-state index contributed by atoms with van der Waals surface area (Å²) in [6.07, 6.45) is -1.28. The van der Waals surface area contributed by atoms with Gasteiger partial charge in [0.25, 0.3) is 5.91 Å². The Bertz CT molecular complexity index is 166. The minimum Gasteiger partial charge on any atom is -0.383 e. The van der Waals surface area contributed by atoms with Gasteiger partial charge in [-0.3, -0.25) is 14.5 Å². The number of amides is 2. The molecule has 1 atom stereocenters. The van der Waals surface area contributed by atoms with Crippen molar-refractivity contribution in [2.45, 2.75) is 12.5 Å². The lowest BCUT2D eigenvalue weighted by Gasteiger charge is -2.02. The van der Waals surface area contributed by atoms with Gasteiger partial charge in [0.2, 0.25) is 5.91 Å². The molecular formula is C5H6NO3. The molecule has 0 aromatic carbocycles. The molecule has 1 radical (unpaired) electrons. The molecule has 1 heterocycles. The molecule has 1 aliphatic rings. The lowest BCUT2D eigenvalue weighted by molar-refractivity contribution is -0.137. The van der Waals surface area contributed by atoms with Crippen molar-refractivity contribution in [3.8, 4) is 0 Å². The summed E-state index contributed by atoms with van der Waals surface area (Å²) >= 11 is 0. The fourth-order valence-electron chi connectivity index (χ4n) is 0.666. The number of hydrogen-bond acceptors (Lipinski definition) is 3. The Morgan fingerprint density at radius 3 is 2.33 bits per heavy atom. The van der Waals surface area contributed by atoms with Crippen LogP contribution in [-0.2, 0) is 9.59 Å². The lowest BCUT2D eigenvalue weighted by atomic mass is 10.3. The molecule has 0 saturated carbocycles. The van der Waals surface area contributed by atoms with E-state index < -0.39 is 17.9 Å². The number of carbonyl (C=O) groups is 2. The van der Waals surface area contributed by atoms with Crippen LogP contribution in [0.3, 0.4) is 0 Å². The van der Waals surface area contributed by atoms with Gasteiger partial charge in [-0.25, -0.2) is 0 Å². The van der Waals surface area contributed by atoms with Crippen molar-refractivity contribution in [2.24, 2.45) is 0 Å². The lowest BCUT2D eigenvalue weighted by Crippen LogP contribution is -2.25. The third-order valence-electron chi connectivity index (χ3n) is 1.22. The molecule has 0 aromatic heterocycles. The molecule has 1 saturated heterocycles. The summed E-state index contributed by atoms with van der Waals surface area (Å²) in [5, 5.41) is 8.69. The van der Waals surface area contributed by atoms with Crippen molar-refractivity contribution in [1.29, 1.82) is 0 Å². The van der Waals surface area contributed by atoms with Crippen LogP contribution in [-0.4, -0.2) is 27.9 Å². The summed E-state index contributed by atoms with van der Waals surface area (Å²) in [5.41, 5.74) is 0. The fraction of sp³-hybridized carbons (Fsp3) is 0.400. The molecule has 0 aliphatic carbocycles. The van der Waals surface area contributed by atoms with Crippen LogP contribution in [0, 0.1) is 7.05 Å². The Hall–Kier alpha value is -0.900. The van der Waals surface area contributed by atoms with Crippen molar-refractivity contribution in [3.05, 3.63) is 7.05 Å². The first-order valence-corrected chi connectivity index (χ1v) is 2.48. The highest BCUT2D eigenvalue weighted by Crippen LogP contribution is 2.09. The van der Waals surface area contributed by atoms with Gasteiger partial charge in [0, 0.05) is 7.05 Å². The first-order chi connectivity index (χ1) is 4.13. The molecule has 9 heavy (non-hydrogen) atoms. The van der Waals surface area contributed by atoms with Gasteiger partial charge in [0.1, 0.15) is 6.10 Å². The maximum Gasteiger partial charge on any atom is 0.258 e. The van der Waals surface area contributed by atoms with Gasteiger partial charge >= 0.3 is 0 Å². The molecule has 49 valence electrons. The van der Waals surface area contributed by atoms with E-state index in [2.05, 4.69) is 7.05 Å². The number of hydrogen-bond donors (Lipinski definition) is 1. The van der Waals surface area contributed by atoms with Crippen molar-refractivity contribution < 1.29 is 14.7 Å². The predicted octanol–water partition coefficient (Wildman–Crippen LogP) is -1.10. The molecule has 2 amide bonds. The third kappa shape index (κ3) is 0.810. The van der Waals surface area contributed by atoms with Gasteiger partial charge in [-0.15, -0.1) is 0 Å². The summed E-state index contributed by atoms with van der Waals surface area (Å²) in [7, 11) is 3.12. The van der Waals surface area contributed by atoms with Crippen molar-refractivity contribution in [2.75, 3.05) is 0 Å². The van der Waals surface area contributed by atoms with E-state index in [9.17, 15) is 9.59 Å². The number of aliphatic hydroxyl groups is 1. The molecule has 1 rings (SSSR count). The van der Waals surface area contributed by atoms with E-state index in [1.807, 2.05) is 0 Å². The molecule has 0 bridgehead atoms. The Morgan fingerprint density at radius 2 is 2.22 bits per heavy atom. The highest BCUT2D eigenvalue weighted by molar-refractivity contribution is 6.04. The summed E-state index contributed by atoms with van der Waals surface area (Å²) in [6, 6.07) is 0. The quantitative estimate of drug-likeness (QED) is 0.421. The van der Waals surface area contributed by atoms with Crippen LogP contribution in [0.2, 0.25) is 0 Å². The molecular weight excluding hydrogens is 122 g/mol. The van der Waals surface area contributed by atoms with Crippen LogP contribution >= 0.6 is 0 Å². The monoisotopic (exact) mass is 128 g/mol. The van der Waals surface area contributed by atoms with Crippen molar-refractivity contribution in [3.63, 3.8) is 0 Å². The molecule has 1 N–H and O–H groups in total. The molecule has 0 spiro atoms. The SMILES string of the molecule is [CH2]N1C(=O)CC(O)C1=O. The van der Waals surface area contributed by atoms with E-state index in [0.717, 1.165) is 0 Å². The molecule has 1 fully saturated rings. The van der Waals surface area contributed by atoms with Crippen LogP contribution in [0.1, 0.15) is 6.42 Å². The second-order valence-corrected chi connectivity index (χ2v) is 1.88. The first-order valence-electron chi connectivity index (χ1n) is 2.48. The minimum absolute atomic E-state index is 0.123. The van der Waals surface area contributed by atoms with Gasteiger partial charge in [-0.1, -0.05) is 0 Å². The molecule has 0 aromatic rings. The average Bonchev–Trinajstić information content (AvgIpc) is 1.98. The number of likely N-dealkylation sites (tertiary alicyclic amines) is 1. The van der Waals surface area contributed by atoms with Crippen LogP contribution in [0.4, 0.5) is 0 Å². The molecule has 4 heteroatoms. The number of aliphatic hydroxyl groups excluding tert-OH is 1. The van der Waals surface area contributed by atoms with Crippen LogP contribution in [0.5, 0.6) is 0 Å². The number of imide groups is 1. The largest absolute Gasteiger partial charge is 0.383 e. The first kappa shape index (κ1) is 6.22. The summed E-state index contributed by atoms with van der Waals surface area (Å²) in [4.78, 5) is 21.7. The fourth-order valence-corrected chi connectivity index (χ4v) is 0.666. The Kier molecular flexibility index (Phi) is 1.25. The molecule has 1 unspecified atom stereocenters. The smallest absolute Gasteiger partial charge is 0.258 e. The van der Waals surface area contributed by atoms with E-state index in [1.165, 1.54) is 0 Å². The molecule has 1 aliphatic heterocycles. The predicted molar refractivity (Wildman–Crippen MR) is 27.8 cm³/mol. The van der Waals surface area contributed by atoms with E-state index in [1.54, 1.807) is 0 Å². The highest BCUT2D eigenvalue weighted by atomic mass is 16.3. The van der Waals surface area contributed by atoms with Gasteiger partial charge in [-0.05, 0) is 0 Å². The van der Waals surface area contributed by atoms with E-state index in [4.69, 9.17) is 5.11 Å². The van der Waals surface area contributed by atoms with Crippen LogP contribution in [0.15, 0.2) is 0 Å². The summed E-state index contributed by atoms with van der Waals surface area (Å²) < 4.78 is 0. The Labute approximate surface area is 52.1 Å². The topological polar surface area (TPSA) is 57.6 Å². The maximum absolute atomic E-state index is 10.5. The highest BCUT2D eigenvalue weighted by Gasteiger charge is 2.34. The van der Waals surface area contributed by atoms with Crippen LogP contribution < -0.4 is 0 Å². The van der Waals surface area contributed by atoms with Crippen molar-refractivity contribution >= 4 is 11.8 Å². The van der Waals surface area contributed by atoms with Crippen LogP contribution in [0.25, 0.3) is 0 Å². The Balaban J connectivity index is 2.77. The number of carbonyl (C=O) groups excluding carboxylic acids is 2. The zero-order valence-corrected chi connectivity index (χ0v) is 4.70. The van der Waals surface area contributed by atoms with Gasteiger partial charge < -0.3 is 5.11 Å². The second-order valence-electron chi connectivity index (χ2n) is 1.88. The average molecular weight is 128 g/mol. The van der Waals surface area contributed by atoms with Gasteiger partial charge in [0.15, 0.2) is 0 Å². The van der Waals surface area contributed by atoms with Gasteiger partial charge in [0.05, 0.1) is 6.42 Å². The Morgan fingerprint density at radius 1 is 1.67 bits per heavy atom. The van der Waals surface area contributed by atoms with E-state index in [0.29, 0.717) is 4.90 Å². The number of nitrogens with zero attached hydrogens (tertiary/aromatic N) is 1. The zero-order valence-electron chi connectivity index (χ0n) is 4.70. The van der Waals surface area contributed by atoms with E-state index in [-0.39, 0.29) is 6.42 Å². The zero-order chi connectivity index (χ0) is 7.02. The summed E-state index contributed by atoms with van der Waals surface area (Å²) in [6.45, 7) is 0.